The van der Waals surface area contributed by atoms with E-state index in [1.807, 2.05) is 0 Å². The van der Waals surface area contributed by atoms with Crippen LogP contribution < -0.4 is 0 Å². The Morgan fingerprint density at radius 2 is 2.36 bits per heavy atom. The summed E-state index contributed by atoms with van der Waals surface area (Å²) in [5.74, 6) is 1.77. The summed E-state index contributed by atoms with van der Waals surface area (Å²) in [4.78, 5) is 2.38. The first-order valence-corrected chi connectivity index (χ1v) is 5.61. The van der Waals surface area contributed by atoms with Gasteiger partial charge in [-0.15, -0.1) is 0 Å². The minimum atomic E-state index is 0.884. The topological polar surface area (TPSA) is 3.24 Å². The van der Waals surface area contributed by atoms with E-state index in [1.54, 1.807) is 11.1 Å². The van der Waals surface area contributed by atoms with Gasteiger partial charge in [-0.2, -0.15) is 0 Å². The largest absolute Gasteiger partial charge is 0.302 e. The van der Waals surface area contributed by atoms with Gasteiger partial charge in [0.25, 0.3) is 0 Å². The highest BCUT2D eigenvalue weighted by Crippen LogP contribution is 2.50. The van der Waals surface area contributed by atoms with Gasteiger partial charge in [-0.05, 0) is 42.9 Å². The maximum atomic E-state index is 2.42. The fourth-order valence-electron chi connectivity index (χ4n) is 2.59. The Morgan fingerprint density at radius 1 is 1.43 bits per heavy atom. The molecule has 3 rings (SSSR count). The van der Waals surface area contributed by atoms with E-state index in [4.69, 9.17) is 0 Å². The van der Waals surface area contributed by atoms with E-state index in [-0.39, 0.29) is 0 Å². The van der Waals surface area contributed by atoms with Gasteiger partial charge in [0.2, 0.25) is 0 Å². The molecule has 0 spiro atoms. The van der Waals surface area contributed by atoms with Crippen molar-refractivity contribution in [2.24, 2.45) is 11.8 Å². The maximum Gasteiger partial charge on any atom is 0.0166 e. The molecule has 2 aliphatic carbocycles. The van der Waals surface area contributed by atoms with Crippen LogP contribution in [0.25, 0.3) is 0 Å². The molecule has 1 fully saturated rings. The second kappa shape index (κ2) is 3.09. The first kappa shape index (κ1) is 8.49. The smallest absolute Gasteiger partial charge is 0.0166 e. The number of hydrogen-bond acceptors (Lipinski definition) is 1. The highest BCUT2D eigenvalue weighted by Gasteiger charge is 2.40. The molecular weight excluding hydrogens is 170 g/mol. The Balaban J connectivity index is 1.82. The molecule has 2 unspecified atom stereocenters. The normalized spacial score (nSPS) is 36.1. The van der Waals surface area contributed by atoms with Crippen molar-refractivity contribution in [3.63, 3.8) is 0 Å². The minimum absolute atomic E-state index is 0.884. The van der Waals surface area contributed by atoms with Gasteiger partial charge in [0.05, 0.1) is 0 Å². The molecule has 14 heavy (non-hydrogen) atoms. The zero-order valence-corrected chi connectivity index (χ0v) is 8.74. The van der Waals surface area contributed by atoms with Crippen LogP contribution >= 0.6 is 0 Å². The summed E-state index contributed by atoms with van der Waals surface area (Å²) < 4.78 is 0. The predicted octanol–water partition coefficient (Wildman–Crippen LogP) is 2.38. The van der Waals surface area contributed by atoms with Crippen molar-refractivity contribution in [2.75, 3.05) is 20.1 Å². The van der Waals surface area contributed by atoms with E-state index in [1.165, 1.54) is 19.4 Å². The van der Waals surface area contributed by atoms with Crippen molar-refractivity contribution >= 4 is 0 Å². The van der Waals surface area contributed by atoms with Gasteiger partial charge in [-0.25, -0.2) is 0 Å². The van der Waals surface area contributed by atoms with Crippen LogP contribution in [0.1, 0.15) is 12.8 Å². The third-order valence-electron chi connectivity index (χ3n) is 3.66. The quantitative estimate of drug-likeness (QED) is 0.609. The SMILES string of the molecule is CN1CC=C(C2=CC=CC3CC23)CC1. The van der Waals surface area contributed by atoms with E-state index >= 15 is 0 Å². The summed E-state index contributed by atoms with van der Waals surface area (Å²) in [5.41, 5.74) is 3.27. The van der Waals surface area contributed by atoms with Gasteiger partial charge >= 0.3 is 0 Å². The second-order valence-corrected chi connectivity index (χ2v) is 4.75. The molecule has 0 radical (unpaired) electrons. The Morgan fingerprint density at radius 3 is 3.14 bits per heavy atom. The van der Waals surface area contributed by atoms with Crippen molar-refractivity contribution in [1.82, 2.24) is 4.90 Å². The van der Waals surface area contributed by atoms with Gasteiger partial charge in [-0.1, -0.05) is 24.3 Å². The summed E-state index contributed by atoms with van der Waals surface area (Å²) in [6.45, 7) is 2.36. The van der Waals surface area contributed by atoms with Gasteiger partial charge in [0.15, 0.2) is 0 Å². The molecule has 0 N–H and O–H groups in total. The fraction of sp³-hybridized carbons (Fsp3) is 0.538. The van der Waals surface area contributed by atoms with Crippen LogP contribution in [0.15, 0.2) is 35.5 Å². The molecular formula is C13H17N. The number of allylic oxidation sites excluding steroid dienone is 4. The molecule has 0 amide bonds. The Hall–Kier alpha value is -0.820. The number of nitrogens with zero attached hydrogens (tertiary/aromatic N) is 1. The molecule has 1 saturated carbocycles. The van der Waals surface area contributed by atoms with Crippen molar-refractivity contribution in [1.29, 1.82) is 0 Å². The molecule has 1 aliphatic heterocycles. The lowest BCUT2D eigenvalue weighted by atomic mass is 9.92. The molecule has 1 heteroatoms. The van der Waals surface area contributed by atoms with E-state index < -0.39 is 0 Å². The van der Waals surface area contributed by atoms with Crippen LogP contribution in [-0.2, 0) is 0 Å². The summed E-state index contributed by atoms with van der Waals surface area (Å²) in [5, 5.41) is 0. The van der Waals surface area contributed by atoms with Crippen LogP contribution in [0, 0.1) is 11.8 Å². The summed E-state index contributed by atoms with van der Waals surface area (Å²) in [7, 11) is 2.20. The molecule has 0 aromatic heterocycles. The van der Waals surface area contributed by atoms with Crippen molar-refractivity contribution in [2.45, 2.75) is 12.8 Å². The first-order valence-electron chi connectivity index (χ1n) is 5.61. The zero-order chi connectivity index (χ0) is 9.54. The highest BCUT2D eigenvalue weighted by atomic mass is 15.1. The molecule has 74 valence electrons. The van der Waals surface area contributed by atoms with Gasteiger partial charge < -0.3 is 4.90 Å². The third-order valence-corrected chi connectivity index (χ3v) is 3.66. The Labute approximate surface area is 85.8 Å². The molecule has 2 atom stereocenters. The highest BCUT2D eigenvalue weighted by molar-refractivity contribution is 5.44. The van der Waals surface area contributed by atoms with E-state index in [0.29, 0.717) is 0 Å². The molecule has 1 heterocycles. The molecule has 3 aliphatic rings. The van der Waals surface area contributed by atoms with Crippen molar-refractivity contribution in [3.8, 4) is 0 Å². The monoisotopic (exact) mass is 187 g/mol. The molecule has 1 nitrogen and oxygen atoms in total. The number of rotatable bonds is 1. The van der Waals surface area contributed by atoms with Crippen molar-refractivity contribution < 1.29 is 0 Å². The van der Waals surface area contributed by atoms with Crippen LogP contribution in [-0.4, -0.2) is 25.0 Å². The lowest BCUT2D eigenvalue weighted by Gasteiger charge is -2.24. The lowest BCUT2D eigenvalue weighted by molar-refractivity contribution is 0.359. The van der Waals surface area contributed by atoms with Crippen LogP contribution in [0.3, 0.4) is 0 Å². The summed E-state index contributed by atoms with van der Waals surface area (Å²) >= 11 is 0. The average molecular weight is 187 g/mol. The number of fused-ring (bicyclic) bond motifs is 1. The summed E-state index contributed by atoms with van der Waals surface area (Å²) in [6, 6.07) is 0. The minimum Gasteiger partial charge on any atom is -0.302 e. The standard InChI is InChI=1S/C13H17N/c1-14-7-5-10(6-8-14)12-4-2-3-11-9-13(11)12/h2-5,11,13H,6-9H2,1H3. The summed E-state index contributed by atoms with van der Waals surface area (Å²) in [6.07, 6.45) is 12.0. The lowest BCUT2D eigenvalue weighted by Crippen LogP contribution is -2.24. The predicted molar refractivity (Wildman–Crippen MR) is 59.0 cm³/mol. The van der Waals surface area contributed by atoms with Crippen LogP contribution in [0.4, 0.5) is 0 Å². The average Bonchev–Trinajstić information content (AvgIpc) is 2.97. The van der Waals surface area contributed by atoms with Crippen LogP contribution in [0.2, 0.25) is 0 Å². The van der Waals surface area contributed by atoms with Gasteiger partial charge in [0, 0.05) is 13.1 Å². The first-order chi connectivity index (χ1) is 6.84. The molecule has 0 saturated heterocycles. The number of likely N-dealkylation sites (N-methyl/N-ethyl adjacent to an activating group) is 1. The van der Waals surface area contributed by atoms with Gasteiger partial charge in [-0.3, -0.25) is 0 Å². The molecule has 0 bridgehead atoms. The van der Waals surface area contributed by atoms with E-state index in [9.17, 15) is 0 Å². The zero-order valence-electron chi connectivity index (χ0n) is 8.74. The van der Waals surface area contributed by atoms with E-state index in [2.05, 4.69) is 36.3 Å². The van der Waals surface area contributed by atoms with Crippen LogP contribution in [0.5, 0.6) is 0 Å². The second-order valence-electron chi connectivity index (χ2n) is 4.75. The van der Waals surface area contributed by atoms with Gasteiger partial charge in [0.1, 0.15) is 0 Å². The Bertz CT molecular complexity index is 335. The number of hydrogen-bond donors (Lipinski definition) is 0. The molecule has 0 aromatic rings. The third kappa shape index (κ3) is 1.36. The van der Waals surface area contributed by atoms with Crippen molar-refractivity contribution in [3.05, 3.63) is 35.5 Å². The molecule has 0 aromatic carbocycles. The Kier molecular flexibility index (Phi) is 1.88. The van der Waals surface area contributed by atoms with E-state index in [0.717, 1.165) is 18.4 Å². The maximum absolute atomic E-state index is 2.42. The fourth-order valence-corrected chi connectivity index (χ4v) is 2.59.